The molecule has 0 bridgehead atoms. The summed E-state index contributed by atoms with van der Waals surface area (Å²) in [4.78, 5) is 14.6. The fourth-order valence-corrected chi connectivity index (χ4v) is 4.25. The number of fused-ring (bicyclic) bond motifs is 2. The number of hydrogen-bond acceptors (Lipinski definition) is 4. The van der Waals surface area contributed by atoms with Gasteiger partial charge in [-0.2, -0.15) is 0 Å². The zero-order chi connectivity index (χ0) is 19.8. The van der Waals surface area contributed by atoms with Crippen LogP contribution in [0.5, 0.6) is 0 Å². The average Bonchev–Trinajstić information content (AvgIpc) is 3.19. The third-order valence-corrected chi connectivity index (χ3v) is 5.93. The van der Waals surface area contributed by atoms with Gasteiger partial charge in [-0.1, -0.05) is 12.6 Å². The minimum atomic E-state index is 0.477. The number of aromatic nitrogens is 3. The van der Waals surface area contributed by atoms with Gasteiger partial charge in [0.25, 0.3) is 0 Å². The molecule has 29 heavy (non-hydrogen) atoms. The number of likely N-dealkylation sites (tertiary alicyclic amines) is 1. The maximum Gasteiger partial charge on any atom is 0.137 e. The third kappa shape index (κ3) is 3.38. The Morgan fingerprint density at radius 1 is 1.10 bits per heavy atom. The predicted octanol–water partition coefficient (Wildman–Crippen LogP) is 4.43. The Balaban J connectivity index is 1.51. The molecule has 5 rings (SSSR count). The van der Waals surface area contributed by atoms with Crippen LogP contribution >= 0.6 is 0 Å². The molecule has 0 spiro atoms. The second-order valence-electron chi connectivity index (χ2n) is 7.89. The van der Waals surface area contributed by atoms with Crippen LogP contribution in [0, 0.1) is 0 Å². The van der Waals surface area contributed by atoms with E-state index < -0.39 is 0 Å². The zero-order valence-electron chi connectivity index (χ0n) is 16.7. The number of piperidine rings is 1. The molecule has 2 N–H and O–H groups in total. The molecule has 5 heteroatoms. The molecule has 0 radical (unpaired) electrons. The topological polar surface area (TPSA) is 56.8 Å². The Morgan fingerprint density at radius 3 is 2.83 bits per heavy atom. The lowest BCUT2D eigenvalue weighted by atomic mass is 9.99. The maximum atomic E-state index is 4.57. The summed E-state index contributed by atoms with van der Waals surface area (Å²) < 4.78 is 0. The molecular formula is C24H25N5. The number of nitrogens with one attached hydrogen (secondary N) is 2. The van der Waals surface area contributed by atoms with Gasteiger partial charge in [-0.25, -0.2) is 4.98 Å². The first-order chi connectivity index (χ1) is 14.2. The minimum Gasteiger partial charge on any atom is -0.382 e. The van der Waals surface area contributed by atoms with Crippen LogP contribution in [0.25, 0.3) is 38.8 Å². The summed E-state index contributed by atoms with van der Waals surface area (Å²) in [5.41, 5.74) is 6.29. The van der Waals surface area contributed by atoms with Crippen molar-refractivity contribution in [2.75, 3.05) is 20.1 Å². The van der Waals surface area contributed by atoms with Crippen molar-refractivity contribution in [2.24, 2.45) is 0 Å². The van der Waals surface area contributed by atoms with Gasteiger partial charge in [-0.3, -0.25) is 4.98 Å². The van der Waals surface area contributed by atoms with E-state index in [0.29, 0.717) is 6.04 Å². The zero-order valence-corrected chi connectivity index (χ0v) is 16.7. The second-order valence-corrected chi connectivity index (χ2v) is 7.89. The monoisotopic (exact) mass is 383 g/mol. The van der Waals surface area contributed by atoms with Crippen molar-refractivity contribution >= 4 is 27.6 Å². The molecule has 5 nitrogen and oxygen atoms in total. The smallest absolute Gasteiger partial charge is 0.137 e. The van der Waals surface area contributed by atoms with Crippen molar-refractivity contribution in [2.45, 2.75) is 18.9 Å². The summed E-state index contributed by atoms with van der Waals surface area (Å²) >= 11 is 0. The van der Waals surface area contributed by atoms with E-state index >= 15 is 0 Å². The lowest BCUT2D eigenvalue weighted by Crippen LogP contribution is -2.39. The first kappa shape index (κ1) is 17.9. The molecule has 4 aromatic rings. The van der Waals surface area contributed by atoms with Crippen LogP contribution < -0.4 is 5.32 Å². The Hall–Kier alpha value is -3.18. The average molecular weight is 383 g/mol. The number of benzene rings is 1. The van der Waals surface area contributed by atoms with Crippen LogP contribution in [0.2, 0.25) is 0 Å². The Bertz CT molecular complexity index is 1180. The highest BCUT2D eigenvalue weighted by atomic mass is 15.1. The van der Waals surface area contributed by atoms with E-state index in [1.54, 1.807) is 0 Å². The number of H-pyrrole nitrogens is 1. The summed E-state index contributed by atoms with van der Waals surface area (Å²) in [6.07, 6.45) is 8.00. The number of nitrogens with zero attached hydrogens (tertiary/aromatic N) is 3. The van der Waals surface area contributed by atoms with Gasteiger partial charge < -0.3 is 15.2 Å². The van der Waals surface area contributed by atoms with Gasteiger partial charge in [0.05, 0.1) is 5.52 Å². The molecule has 0 atom stereocenters. The van der Waals surface area contributed by atoms with E-state index in [-0.39, 0.29) is 0 Å². The summed E-state index contributed by atoms with van der Waals surface area (Å²) in [7, 11) is 2.18. The Labute approximate surface area is 170 Å². The van der Waals surface area contributed by atoms with Crippen molar-refractivity contribution in [3.8, 4) is 11.1 Å². The van der Waals surface area contributed by atoms with E-state index in [0.717, 1.165) is 70.3 Å². The molecule has 0 amide bonds. The summed E-state index contributed by atoms with van der Waals surface area (Å²) in [5.74, 6) is 0. The van der Waals surface area contributed by atoms with Gasteiger partial charge in [-0.05, 0) is 68.9 Å². The van der Waals surface area contributed by atoms with E-state index in [4.69, 9.17) is 0 Å². The van der Waals surface area contributed by atoms with Crippen LogP contribution in [0.3, 0.4) is 0 Å². The molecule has 1 fully saturated rings. The van der Waals surface area contributed by atoms with Crippen LogP contribution in [-0.2, 0) is 0 Å². The lowest BCUT2D eigenvalue weighted by Gasteiger charge is -2.31. The fraction of sp³-hybridized carbons (Fsp3) is 0.250. The molecular weight excluding hydrogens is 358 g/mol. The quantitative estimate of drug-likeness (QED) is 0.547. The van der Waals surface area contributed by atoms with Gasteiger partial charge in [0.1, 0.15) is 5.65 Å². The van der Waals surface area contributed by atoms with Crippen LogP contribution in [0.1, 0.15) is 18.4 Å². The largest absolute Gasteiger partial charge is 0.382 e. The Kier molecular flexibility index (Phi) is 4.52. The molecule has 3 aromatic heterocycles. The van der Waals surface area contributed by atoms with Crippen molar-refractivity contribution in [1.29, 1.82) is 0 Å². The van der Waals surface area contributed by atoms with Gasteiger partial charge in [0.15, 0.2) is 0 Å². The molecule has 4 heterocycles. The highest BCUT2D eigenvalue weighted by molar-refractivity contribution is 5.98. The number of aromatic amines is 1. The molecule has 1 aliphatic heterocycles. The van der Waals surface area contributed by atoms with Gasteiger partial charge >= 0.3 is 0 Å². The van der Waals surface area contributed by atoms with Crippen molar-refractivity contribution in [3.63, 3.8) is 0 Å². The van der Waals surface area contributed by atoms with Crippen molar-refractivity contribution < 1.29 is 0 Å². The number of pyridine rings is 2. The summed E-state index contributed by atoms with van der Waals surface area (Å²) in [6, 6.07) is 13.0. The molecule has 0 saturated carbocycles. The SMILES string of the molecule is C=C(NC1CCN(C)CC1)c1ccnc2ccc(-c3c[nH]c4ncccc34)cc12. The molecule has 0 unspecified atom stereocenters. The minimum absolute atomic E-state index is 0.477. The van der Waals surface area contributed by atoms with Crippen LogP contribution in [0.4, 0.5) is 0 Å². The number of hydrogen-bond donors (Lipinski definition) is 2. The van der Waals surface area contributed by atoms with Gasteiger partial charge in [0, 0.05) is 52.2 Å². The normalized spacial score (nSPS) is 15.8. The highest BCUT2D eigenvalue weighted by Crippen LogP contribution is 2.32. The predicted molar refractivity (Wildman–Crippen MR) is 120 cm³/mol. The van der Waals surface area contributed by atoms with E-state index in [2.05, 4.69) is 69.1 Å². The molecule has 0 aliphatic carbocycles. The second kappa shape index (κ2) is 7.33. The number of rotatable bonds is 4. The summed E-state index contributed by atoms with van der Waals surface area (Å²) in [6.45, 7) is 6.61. The van der Waals surface area contributed by atoms with Gasteiger partial charge in [-0.15, -0.1) is 0 Å². The Morgan fingerprint density at radius 2 is 1.97 bits per heavy atom. The van der Waals surface area contributed by atoms with Crippen molar-refractivity contribution in [3.05, 3.63) is 67.1 Å². The van der Waals surface area contributed by atoms with Crippen molar-refractivity contribution in [1.82, 2.24) is 25.2 Å². The maximum absolute atomic E-state index is 4.57. The first-order valence-corrected chi connectivity index (χ1v) is 10.1. The first-order valence-electron chi connectivity index (χ1n) is 10.1. The standard InChI is InChI=1S/C24H25N5/c1-16(28-18-8-12-29(2)13-9-18)19-7-11-25-23-6-5-17(14-21(19)23)22-15-27-24-20(22)4-3-10-26-24/h3-7,10-11,14-15,18,28H,1,8-9,12-13H2,2H3,(H,26,27). The molecule has 1 saturated heterocycles. The van der Waals surface area contributed by atoms with Crippen LogP contribution in [0.15, 0.2) is 61.6 Å². The highest BCUT2D eigenvalue weighted by Gasteiger charge is 2.18. The van der Waals surface area contributed by atoms with Crippen LogP contribution in [-0.4, -0.2) is 46.0 Å². The van der Waals surface area contributed by atoms with E-state index in [1.165, 1.54) is 0 Å². The van der Waals surface area contributed by atoms with E-state index in [1.807, 2.05) is 24.7 Å². The van der Waals surface area contributed by atoms with Gasteiger partial charge in [0.2, 0.25) is 0 Å². The molecule has 1 aromatic carbocycles. The third-order valence-electron chi connectivity index (χ3n) is 5.93. The molecule has 1 aliphatic rings. The summed E-state index contributed by atoms with van der Waals surface area (Å²) in [5, 5.41) is 5.91. The fourth-order valence-electron chi connectivity index (χ4n) is 4.25. The van der Waals surface area contributed by atoms with E-state index in [9.17, 15) is 0 Å². The molecule has 146 valence electrons. The lowest BCUT2D eigenvalue weighted by molar-refractivity contribution is 0.245.